The molecule has 0 radical (unpaired) electrons. The van der Waals surface area contributed by atoms with E-state index in [2.05, 4.69) is 29.0 Å². The van der Waals surface area contributed by atoms with Crippen molar-refractivity contribution in [1.29, 1.82) is 0 Å². The van der Waals surface area contributed by atoms with Crippen LogP contribution in [0.4, 0.5) is 10.9 Å². The number of aromatic nitrogens is 2. The number of nitrogens with zero attached hydrogens (tertiary/aromatic N) is 3. The van der Waals surface area contributed by atoms with Gasteiger partial charge in [-0.25, -0.2) is 14.8 Å². The number of pyridine rings is 1. The highest BCUT2D eigenvalue weighted by Gasteiger charge is 2.19. The highest BCUT2D eigenvalue weighted by atomic mass is 32.1. The van der Waals surface area contributed by atoms with Crippen molar-refractivity contribution in [2.45, 2.75) is 20.3 Å². The van der Waals surface area contributed by atoms with Gasteiger partial charge in [0.15, 0.2) is 5.13 Å². The SMILES string of the molecule is CC(C)Cc1sc(Nc2ncc(-c3cccs3)cc2C(=O)O)nc1-c1ccc(OCCOCCN(C)C)cc1. The van der Waals surface area contributed by atoms with Gasteiger partial charge in [-0.2, -0.15) is 0 Å². The number of carbonyl (C=O) groups is 1. The third kappa shape index (κ3) is 8.09. The number of hydrogen-bond acceptors (Lipinski definition) is 9. The van der Waals surface area contributed by atoms with E-state index in [4.69, 9.17) is 14.5 Å². The number of thiazole rings is 1. The molecule has 4 rings (SSSR count). The molecule has 8 nitrogen and oxygen atoms in total. The quantitative estimate of drug-likeness (QED) is 0.166. The number of benzene rings is 1. The maximum absolute atomic E-state index is 12.0. The fourth-order valence-electron chi connectivity index (χ4n) is 3.82. The summed E-state index contributed by atoms with van der Waals surface area (Å²) in [7, 11) is 4.03. The van der Waals surface area contributed by atoms with Gasteiger partial charge in [-0.15, -0.1) is 22.7 Å². The molecule has 0 unspecified atom stereocenters. The van der Waals surface area contributed by atoms with Crippen molar-refractivity contribution in [3.63, 3.8) is 0 Å². The van der Waals surface area contributed by atoms with E-state index in [1.54, 1.807) is 23.6 Å². The largest absolute Gasteiger partial charge is 0.491 e. The van der Waals surface area contributed by atoms with Crippen molar-refractivity contribution in [3.05, 3.63) is 64.5 Å². The topological polar surface area (TPSA) is 96.8 Å². The number of rotatable bonds is 14. The van der Waals surface area contributed by atoms with Gasteiger partial charge < -0.3 is 24.8 Å². The van der Waals surface area contributed by atoms with Crippen molar-refractivity contribution in [1.82, 2.24) is 14.9 Å². The zero-order valence-electron chi connectivity index (χ0n) is 22.6. The lowest BCUT2D eigenvalue weighted by atomic mass is 10.0. The van der Waals surface area contributed by atoms with Gasteiger partial charge in [0.1, 0.15) is 23.7 Å². The van der Waals surface area contributed by atoms with E-state index in [1.807, 2.05) is 55.9 Å². The summed E-state index contributed by atoms with van der Waals surface area (Å²) >= 11 is 3.07. The molecule has 0 bridgehead atoms. The average molecular weight is 567 g/mol. The van der Waals surface area contributed by atoms with Gasteiger partial charge >= 0.3 is 5.97 Å². The molecule has 3 aromatic heterocycles. The Morgan fingerprint density at radius 3 is 2.56 bits per heavy atom. The molecule has 206 valence electrons. The van der Waals surface area contributed by atoms with Crippen LogP contribution in [0.25, 0.3) is 21.7 Å². The first-order chi connectivity index (χ1) is 18.8. The van der Waals surface area contributed by atoms with Gasteiger partial charge in [0.05, 0.1) is 18.9 Å². The molecule has 0 aliphatic heterocycles. The number of hydrogen-bond donors (Lipinski definition) is 2. The lowest BCUT2D eigenvalue weighted by Crippen LogP contribution is -2.19. The minimum absolute atomic E-state index is 0.107. The van der Waals surface area contributed by atoms with E-state index in [1.165, 1.54) is 11.3 Å². The number of carboxylic acid groups (broad SMARTS) is 1. The van der Waals surface area contributed by atoms with Gasteiger partial charge in [0.25, 0.3) is 0 Å². The molecular weight excluding hydrogens is 532 g/mol. The molecule has 0 saturated carbocycles. The molecule has 2 N–H and O–H groups in total. The first-order valence-electron chi connectivity index (χ1n) is 12.8. The maximum Gasteiger partial charge on any atom is 0.339 e. The second-order valence-corrected chi connectivity index (χ2v) is 11.7. The second-order valence-electron chi connectivity index (χ2n) is 9.70. The Hall–Kier alpha value is -3.31. The fraction of sp³-hybridized carbons (Fsp3) is 0.345. The molecule has 39 heavy (non-hydrogen) atoms. The second kappa shape index (κ2) is 13.7. The molecule has 0 aliphatic rings. The zero-order valence-corrected chi connectivity index (χ0v) is 24.3. The first-order valence-corrected chi connectivity index (χ1v) is 14.5. The molecule has 1 aromatic carbocycles. The van der Waals surface area contributed by atoms with E-state index < -0.39 is 5.97 Å². The van der Waals surface area contributed by atoms with E-state index >= 15 is 0 Å². The van der Waals surface area contributed by atoms with E-state index in [-0.39, 0.29) is 11.4 Å². The molecule has 0 atom stereocenters. The average Bonchev–Trinajstić information content (AvgIpc) is 3.57. The Morgan fingerprint density at radius 1 is 1.10 bits per heavy atom. The van der Waals surface area contributed by atoms with Gasteiger partial charge in [-0.05, 0) is 68.2 Å². The molecule has 3 heterocycles. The molecule has 10 heteroatoms. The Morgan fingerprint density at radius 2 is 1.90 bits per heavy atom. The Labute approximate surface area is 237 Å². The lowest BCUT2D eigenvalue weighted by Gasteiger charge is -2.11. The van der Waals surface area contributed by atoms with Crippen LogP contribution in [0.15, 0.2) is 54.0 Å². The van der Waals surface area contributed by atoms with Crippen LogP contribution < -0.4 is 10.1 Å². The summed E-state index contributed by atoms with van der Waals surface area (Å²) in [6.07, 6.45) is 2.55. The number of likely N-dealkylation sites (N-methyl/N-ethyl adjacent to an activating group) is 1. The number of nitrogens with one attached hydrogen (secondary N) is 1. The summed E-state index contributed by atoms with van der Waals surface area (Å²) < 4.78 is 11.4. The van der Waals surface area contributed by atoms with Crippen LogP contribution in [0.2, 0.25) is 0 Å². The summed E-state index contributed by atoms with van der Waals surface area (Å²) in [6, 6.07) is 13.4. The van der Waals surface area contributed by atoms with Crippen LogP contribution in [-0.4, -0.2) is 66.4 Å². The van der Waals surface area contributed by atoms with Crippen molar-refractivity contribution >= 4 is 39.6 Å². The minimum atomic E-state index is -1.04. The molecule has 0 spiro atoms. The third-order valence-electron chi connectivity index (χ3n) is 5.75. The molecule has 0 aliphatic carbocycles. The third-order valence-corrected chi connectivity index (χ3v) is 7.66. The summed E-state index contributed by atoms with van der Waals surface area (Å²) in [4.78, 5) is 25.5. The van der Waals surface area contributed by atoms with Crippen LogP contribution in [0.1, 0.15) is 29.1 Å². The highest BCUT2D eigenvalue weighted by Crippen LogP contribution is 2.36. The number of thiophene rings is 1. The van der Waals surface area contributed by atoms with Gasteiger partial charge in [-0.1, -0.05) is 19.9 Å². The van der Waals surface area contributed by atoms with Crippen molar-refractivity contribution in [2.75, 3.05) is 45.8 Å². The molecule has 0 fully saturated rings. The Bertz CT molecular complexity index is 1350. The van der Waals surface area contributed by atoms with E-state index in [0.29, 0.717) is 30.9 Å². The first kappa shape index (κ1) is 28.7. The predicted molar refractivity (Wildman–Crippen MR) is 159 cm³/mol. The van der Waals surface area contributed by atoms with Crippen LogP contribution in [-0.2, 0) is 11.2 Å². The zero-order chi connectivity index (χ0) is 27.8. The monoisotopic (exact) mass is 566 g/mol. The molecule has 0 saturated heterocycles. The number of aromatic carboxylic acids is 1. The van der Waals surface area contributed by atoms with Crippen LogP contribution in [0.5, 0.6) is 5.75 Å². The van der Waals surface area contributed by atoms with Gasteiger partial charge in [-0.3, -0.25) is 0 Å². The van der Waals surface area contributed by atoms with Crippen LogP contribution >= 0.6 is 22.7 Å². The maximum atomic E-state index is 12.0. The van der Waals surface area contributed by atoms with E-state index in [0.717, 1.165) is 45.3 Å². The standard InChI is InChI=1S/C29H34N4O4S2/c1-19(2)16-25-26(20-7-9-22(10-8-20)37-14-13-36-12-11-33(3)4)31-29(39-25)32-27-23(28(34)35)17-21(18-30-27)24-6-5-15-38-24/h5-10,15,17-19H,11-14,16H2,1-4H3,(H,34,35)(H,30,31,32). The van der Waals surface area contributed by atoms with Crippen molar-refractivity contribution in [2.24, 2.45) is 5.92 Å². The fourth-order valence-corrected chi connectivity index (χ4v) is 5.73. The Balaban J connectivity index is 1.49. The lowest BCUT2D eigenvalue weighted by molar-refractivity contribution is 0.0697. The summed E-state index contributed by atoms with van der Waals surface area (Å²) in [5.74, 6) is 0.442. The number of ether oxygens (including phenoxy) is 2. The normalized spacial score (nSPS) is 11.3. The highest BCUT2D eigenvalue weighted by molar-refractivity contribution is 7.16. The van der Waals surface area contributed by atoms with Gasteiger partial charge in [0.2, 0.25) is 0 Å². The van der Waals surface area contributed by atoms with Gasteiger partial charge in [0, 0.05) is 33.6 Å². The smallest absolute Gasteiger partial charge is 0.339 e. The van der Waals surface area contributed by atoms with Crippen LogP contribution in [0.3, 0.4) is 0 Å². The molecular formula is C29H34N4O4S2. The summed E-state index contributed by atoms with van der Waals surface area (Å²) in [5.41, 5.74) is 2.73. The summed E-state index contributed by atoms with van der Waals surface area (Å²) in [6.45, 7) is 6.92. The molecule has 4 aromatic rings. The predicted octanol–water partition coefficient (Wildman–Crippen LogP) is 6.53. The van der Waals surface area contributed by atoms with Crippen molar-refractivity contribution < 1.29 is 19.4 Å². The summed E-state index contributed by atoms with van der Waals surface area (Å²) in [5, 5.41) is 15.6. The van der Waals surface area contributed by atoms with Crippen molar-refractivity contribution in [3.8, 4) is 27.4 Å². The molecule has 0 amide bonds. The van der Waals surface area contributed by atoms with E-state index in [9.17, 15) is 9.90 Å². The number of anilines is 2. The Kier molecular flexibility index (Phi) is 10.0. The van der Waals surface area contributed by atoms with Crippen LogP contribution in [0, 0.1) is 5.92 Å². The number of carboxylic acids is 1. The minimum Gasteiger partial charge on any atom is -0.491 e.